The Labute approximate surface area is 248 Å². The summed E-state index contributed by atoms with van der Waals surface area (Å²) in [5, 5.41) is 18.2. The minimum Gasteiger partial charge on any atom is -0.497 e. The number of hydrogen-bond donors (Lipinski definition) is 1. The third-order valence-electron chi connectivity index (χ3n) is 7.06. The third-order valence-corrected chi connectivity index (χ3v) is 8.06. The molecule has 11 heteroatoms. The molecule has 0 fully saturated rings. The molecule has 2 amide bonds. The van der Waals surface area contributed by atoms with E-state index in [-0.39, 0.29) is 30.2 Å². The summed E-state index contributed by atoms with van der Waals surface area (Å²) in [5.74, 6) is 1.53. The van der Waals surface area contributed by atoms with Gasteiger partial charge >= 0.3 is 0 Å². The van der Waals surface area contributed by atoms with Crippen molar-refractivity contribution in [3.8, 4) is 11.5 Å². The first-order valence-electron chi connectivity index (χ1n) is 13.4. The average Bonchev–Trinajstić information content (AvgIpc) is 3.63. The molecule has 0 unspecified atom stereocenters. The molecule has 0 bridgehead atoms. The SMILES string of the molecule is COc1ccc(C2=NN(C(=O)CSc3nnc(CNC(=O)c4ccccc4OC)n3C)[C@@H](c3ccc(C)cc3)C2)cc1. The van der Waals surface area contributed by atoms with Crippen molar-refractivity contribution in [3.63, 3.8) is 0 Å². The molecule has 0 radical (unpaired) electrons. The molecular weight excluding hydrogens is 552 g/mol. The molecule has 4 aromatic rings. The van der Waals surface area contributed by atoms with Crippen LogP contribution in [0.5, 0.6) is 11.5 Å². The summed E-state index contributed by atoms with van der Waals surface area (Å²) in [4.78, 5) is 26.2. The fourth-order valence-corrected chi connectivity index (χ4v) is 5.43. The molecule has 42 heavy (non-hydrogen) atoms. The van der Waals surface area contributed by atoms with Crippen LogP contribution in [0.15, 0.2) is 83.1 Å². The molecule has 10 nitrogen and oxygen atoms in total. The summed E-state index contributed by atoms with van der Waals surface area (Å²) in [7, 11) is 4.96. The molecule has 1 aliphatic heterocycles. The summed E-state index contributed by atoms with van der Waals surface area (Å²) >= 11 is 1.28. The molecule has 5 rings (SSSR count). The van der Waals surface area contributed by atoms with Crippen LogP contribution in [0.3, 0.4) is 0 Å². The van der Waals surface area contributed by atoms with Crippen LogP contribution in [0, 0.1) is 6.92 Å². The fraction of sp³-hybridized carbons (Fsp3) is 0.258. The Morgan fingerprint density at radius 2 is 1.71 bits per heavy atom. The van der Waals surface area contributed by atoms with Crippen molar-refractivity contribution in [1.82, 2.24) is 25.1 Å². The summed E-state index contributed by atoms with van der Waals surface area (Å²) < 4.78 is 12.3. The molecule has 0 spiro atoms. The van der Waals surface area contributed by atoms with Crippen molar-refractivity contribution in [2.24, 2.45) is 12.1 Å². The van der Waals surface area contributed by atoms with Crippen LogP contribution < -0.4 is 14.8 Å². The summed E-state index contributed by atoms with van der Waals surface area (Å²) in [6.07, 6.45) is 0.603. The van der Waals surface area contributed by atoms with Gasteiger partial charge in [-0.05, 0) is 54.4 Å². The van der Waals surface area contributed by atoms with E-state index in [4.69, 9.17) is 14.6 Å². The quantitative estimate of drug-likeness (QED) is 0.273. The number of benzene rings is 3. The monoisotopic (exact) mass is 584 g/mol. The highest BCUT2D eigenvalue weighted by Gasteiger charge is 2.33. The van der Waals surface area contributed by atoms with Crippen molar-refractivity contribution >= 4 is 29.3 Å². The van der Waals surface area contributed by atoms with Gasteiger partial charge in [0.1, 0.15) is 11.5 Å². The lowest BCUT2D eigenvalue weighted by Gasteiger charge is -2.22. The Kier molecular flexibility index (Phi) is 8.87. The number of hydrazone groups is 1. The number of thioether (sulfide) groups is 1. The van der Waals surface area contributed by atoms with Crippen molar-refractivity contribution in [1.29, 1.82) is 0 Å². The molecule has 216 valence electrons. The van der Waals surface area contributed by atoms with E-state index in [9.17, 15) is 9.59 Å². The lowest BCUT2D eigenvalue weighted by Crippen LogP contribution is -2.28. The van der Waals surface area contributed by atoms with Gasteiger partial charge < -0.3 is 19.4 Å². The van der Waals surface area contributed by atoms with Crippen LogP contribution in [0.4, 0.5) is 0 Å². The minimum atomic E-state index is -0.276. The molecule has 1 N–H and O–H groups in total. The van der Waals surface area contributed by atoms with Gasteiger partial charge in [0.2, 0.25) is 0 Å². The normalized spacial score (nSPS) is 14.4. The predicted octanol–water partition coefficient (Wildman–Crippen LogP) is 4.54. The van der Waals surface area contributed by atoms with Crippen LogP contribution in [-0.4, -0.2) is 57.3 Å². The maximum absolute atomic E-state index is 13.5. The first-order chi connectivity index (χ1) is 20.4. The zero-order chi connectivity index (χ0) is 29.6. The smallest absolute Gasteiger partial charge is 0.255 e. The zero-order valence-electron chi connectivity index (χ0n) is 23.9. The minimum absolute atomic E-state index is 0.126. The van der Waals surface area contributed by atoms with Gasteiger partial charge in [-0.2, -0.15) is 5.10 Å². The Morgan fingerprint density at radius 3 is 2.43 bits per heavy atom. The van der Waals surface area contributed by atoms with Crippen molar-refractivity contribution < 1.29 is 19.1 Å². The van der Waals surface area contributed by atoms with Gasteiger partial charge in [0, 0.05) is 13.5 Å². The highest BCUT2D eigenvalue weighted by Crippen LogP contribution is 2.34. The number of para-hydroxylation sites is 1. The molecule has 0 saturated carbocycles. The van der Waals surface area contributed by atoms with Crippen molar-refractivity contribution in [3.05, 3.63) is 101 Å². The topological polar surface area (TPSA) is 111 Å². The summed E-state index contributed by atoms with van der Waals surface area (Å²) in [6, 6.07) is 22.7. The molecule has 3 aromatic carbocycles. The largest absolute Gasteiger partial charge is 0.497 e. The fourth-order valence-electron chi connectivity index (χ4n) is 4.65. The second-order valence-electron chi connectivity index (χ2n) is 9.77. The van der Waals surface area contributed by atoms with E-state index < -0.39 is 0 Å². The number of amides is 2. The Morgan fingerprint density at radius 1 is 0.976 bits per heavy atom. The van der Waals surface area contributed by atoms with Crippen molar-refractivity contribution in [2.75, 3.05) is 20.0 Å². The van der Waals surface area contributed by atoms with E-state index in [1.165, 1.54) is 18.9 Å². The van der Waals surface area contributed by atoms with Crippen LogP contribution in [0.2, 0.25) is 0 Å². The lowest BCUT2D eigenvalue weighted by atomic mass is 9.97. The second kappa shape index (κ2) is 12.9. The average molecular weight is 585 g/mol. The van der Waals surface area contributed by atoms with Gasteiger partial charge in [0.25, 0.3) is 11.8 Å². The first-order valence-corrected chi connectivity index (χ1v) is 14.4. The molecule has 0 aliphatic carbocycles. The van der Waals surface area contributed by atoms with Crippen LogP contribution in [0.25, 0.3) is 0 Å². The number of aromatic nitrogens is 3. The molecule has 2 heterocycles. The van der Waals surface area contributed by atoms with Gasteiger partial charge in [0.15, 0.2) is 11.0 Å². The number of methoxy groups -OCH3 is 2. The zero-order valence-corrected chi connectivity index (χ0v) is 24.7. The van der Waals surface area contributed by atoms with E-state index in [0.29, 0.717) is 28.7 Å². The van der Waals surface area contributed by atoms with Crippen LogP contribution >= 0.6 is 11.8 Å². The van der Waals surface area contributed by atoms with Gasteiger partial charge in [-0.3, -0.25) is 9.59 Å². The number of nitrogens with zero attached hydrogens (tertiary/aromatic N) is 5. The number of ether oxygens (including phenoxy) is 2. The predicted molar refractivity (Wildman–Crippen MR) is 161 cm³/mol. The first kappa shape index (κ1) is 28.9. The molecule has 1 aliphatic rings. The number of nitrogens with one attached hydrogen (secondary N) is 1. The van der Waals surface area contributed by atoms with Gasteiger partial charge in [-0.15, -0.1) is 10.2 Å². The maximum atomic E-state index is 13.5. The van der Waals surface area contributed by atoms with Crippen molar-refractivity contribution in [2.45, 2.75) is 31.1 Å². The number of aryl methyl sites for hydroxylation is 1. The number of carbonyl (C=O) groups excluding carboxylic acids is 2. The Bertz CT molecular complexity index is 1600. The van der Waals surface area contributed by atoms with E-state index in [2.05, 4.69) is 15.5 Å². The van der Waals surface area contributed by atoms with Crippen LogP contribution in [0.1, 0.15) is 45.3 Å². The standard InChI is InChI=1S/C31H32N6O4S/c1-20-9-11-22(12-10-20)26-17-25(21-13-15-23(40-3)16-14-21)35-37(26)29(38)19-42-31-34-33-28(36(31)2)18-32-30(39)24-7-5-6-8-27(24)41-4/h5-16,26H,17-19H2,1-4H3,(H,32,39)/t26-/m1/s1. The summed E-state index contributed by atoms with van der Waals surface area (Å²) in [6.45, 7) is 2.21. The highest BCUT2D eigenvalue weighted by atomic mass is 32.2. The Balaban J connectivity index is 1.27. The third kappa shape index (κ3) is 6.31. The van der Waals surface area contributed by atoms with E-state index in [0.717, 1.165) is 28.2 Å². The van der Waals surface area contributed by atoms with E-state index in [1.807, 2.05) is 62.5 Å². The number of carbonyl (C=O) groups is 2. The number of hydrogen-bond acceptors (Lipinski definition) is 8. The van der Waals surface area contributed by atoms with Crippen LogP contribution in [-0.2, 0) is 18.4 Å². The highest BCUT2D eigenvalue weighted by molar-refractivity contribution is 7.99. The van der Waals surface area contributed by atoms with Gasteiger partial charge in [-0.25, -0.2) is 5.01 Å². The molecule has 0 saturated heterocycles. The number of rotatable bonds is 10. The molecule has 1 atom stereocenters. The van der Waals surface area contributed by atoms with E-state index >= 15 is 0 Å². The second-order valence-corrected chi connectivity index (χ2v) is 10.7. The van der Waals surface area contributed by atoms with E-state index in [1.54, 1.807) is 41.0 Å². The van der Waals surface area contributed by atoms with Gasteiger partial charge in [-0.1, -0.05) is 53.7 Å². The molecular formula is C31H32N6O4S. The van der Waals surface area contributed by atoms with Gasteiger partial charge in [0.05, 0.1) is 43.8 Å². The molecule has 1 aromatic heterocycles. The lowest BCUT2D eigenvalue weighted by molar-refractivity contribution is -0.130. The Hall–Kier alpha value is -4.64. The summed E-state index contributed by atoms with van der Waals surface area (Å²) in [5.41, 5.74) is 4.40. The maximum Gasteiger partial charge on any atom is 0.255 e.